The zero-order chi connectivity index (χ0) is 18.0. The van der Waals surface area contributed by atoms with Crippen LogP contribution in [0, 0.1) is 5.41 Å². The lowest BCUT2D eigenvalue weighted by Crippen LogP contribution is -2.49. The molecule has 0 aromatic heterocycles. The molecule has 0 saturated carbocycles. The van der Waals surface area contributed by atoms with Gasteiger partial charge in [-0.3, -0.25) is 19.8 Å². The molecule has 0 radical (unpaired) electrons. The average Bonchev–Trinajstić information content (AvgIpc) is 3.11. The molecule has 7 nitrogen and oxygen atoms in total. The van der Waals surface area contributed by atoms with E-state index in [1.165, 1.54) is 4.90 Å². The predicted octanol–water partition coefficient (Wildman–Crippen LogP) is 1.85. The van der Waals surface area contributed by atoms with Crippen LogP contribution in [0.4, 0.5) is 16.2 Å². The van der Waals surface area contributed by atoms with Crippen molar-refractivity contribution in [2.24, 2.45) is 5.41 Å². The average molecular weight is 344 g/mol. The Balaban J connectivity index is 1.65. The normalized spacial score (nSPS) is 21.2. The number of anilines is 2. The molecular formula is C18H24N4O3. The highest BCUT2D eigenvalue weighted by atomic mass is 16.2. The van der Waals surface area contributed by atoms with Gasteiger partial charge in [-0.2, -0.15) is 0 Å². The quantitative estimate of drug-likeness (QED) is 0.777. The van der Waals surface area contributed by atoms with Crippen molar-refractivity contribution in [2.45, 2.75) is 39.2 Å². The van der Waals surface area contributed by atoms with Gasteiger partial charge in [-0.15, -0.1) is 0 Å². The van der Waals surface area contributed by atoms with Crippen LogP contribution in [0.5, 0.6) is 0 Å². The number of nitrogens with zero attached hydrogens (tertiary/aromatic N) is 1. The monoisotopic (exact) mass is 344 g/mol. The van der Waals surface area contributed by atoms with Crippen LogP contribution in [0.1, 0.15) is 33.1 Å². The molecule has 2 heterocycles. The number of hydrogen-bond acceptors (Lipinski definition) is 4. The molecule has 2 aliphatic rings. The third-order valence-corrected chi connectivity index (χ3v) is 5.01. The summed E-state index contributed by atoms with van der Waals surface area (Å²) in [4.78, 5) is 37.2. The Morgan fingerprint density at radius 3 is 2.56 bits per heavy atom. The first-order valence-corrected chi connectivity index (χ1v) is 8.64. The summed E-state index contributed by atoms with van der Waals surface area (Å²) in [5.74, 6) is -0.283. The van der Waals surface area contributed by atoms with Crippen molar-refractivity contribution in [3.05, 3.63) is 24.3 Å². The van der Waals surface area contributed by atoms with E-state index in [1.807, 2.05) is 13.8 Å². The Hall–Kier alpha value is -2.41. The smallest absolute Gasteiger partial charge is 0.326 e. The van der Waals surface area contributed by atoms with Crippen molar-refractivity contribution in [1.29, 1.82) is 0 Å². The van der Waals surface area contributed by atoms with Gasteiger partial charge in [0.2, 0.25) is 11.8 Å². The van der Waals surface area contributed by atoms with E-state index in [4.69, 9.17) is 0 Å². The molecule has 1 aromatic carbocycles. The maximum absolute atomic E-state index is 12.6. The van der Waals surface area contributed by atoms with Crippen molar-refractivity contribution >= 4 is 29.2 Å². The number of imide groups is 1. The first-order chi connectivity index (χ1) is 11.9. The van der Waals surface area contributed by atoms with E-state index in [-0.39, 0.29) is 24.3 Å². The molecule has 134 valence electrons. The van der Waals surface area contributed by atoms with Gasteiger partial charge in [0, 0.05) is 30.4 Å². The Kier molecular flexibility index (Phi) is 4.76. The number of urea groups is 1. The van der Waals surface area contributed by atoms with E-state index in [2.05, 4.69) is 16.0 Å². The molecular weight excluding hydrogens is 320 g/mol. The number of carbonyl (C=O) groups excluding carboxylic acids is 3. The van der Waals surface area contributed by atoms with Crippen molar-refractivity contribution in [3.63, 3.8) is 0 Å². The first kappa shape index (κ1) is 17.4. The summed E-state index contributed by atoms with van der Waals surface area (Å²) in [5, 5.41) is 8.64. The van der Waals surface area contributed by atoms with Crippen LogP contribution in [0.2, 0.25) is 0 Å². The van der Waals surface area contributed by atoms with Crippen LogP contribution in [0.15, 0.2) is 24.3 Å². The van der Waals surface area contributed by atoms with Crippen molar-refractivity contribution < 1.29 is 14.4 Å². The summed E-state index contributed by atoms with van der Waals surface area (Å²) < 4.78 is 0. The second kappa shape index (κ2) is 6.84. The van der Waals surface area contributed by atoms with E-state index in [0.717, 1.165) is 19.4 Å². The molecule has 2 fully saturated rings. The SMILES string of the molecule is CC(C)(C(=O)Nc1ccc(N2CCC(=O)NC2=O)cc1)C1CCCN1. The lowest BCUT2D eigenvalue weighted by Gasteiger charge is -2.30. The lowest BCUT2D eigenvalue weighted by atomic mass is 9.82. The van der Waals surface area contributed by atoms with Crippen LogP contribution < -0.4 is 20.9 Å². The molecule has 7 heteroatoms. The van der Waals surface area contributed by atoms with Crippen LogP contribution in [0.25, 0.3) is 0 Å². The fraction of sp³-hybridized carbons (Fsp3) is 0.500. The summed E-state index contributed by atoms with van der Waals surface area (Å²) in [6, 6.07) is 6.85. The summed E-state index contributed by atoms with van der Waals surface area (Å²) in [5.41, 5.74) is 0.885. The van der Waals surface area contributed by atoms with Crippen LogP contribution in [-0.4, -0.2) is 37.0 Å². The summed E-state index contributed by atoms with van der Waals surface area (Å²) >= 11 is 0. The van der Waals surface area contributed by atoms with Gasteiger partial charge >= 0.3 is 6.03 Å². The van der Waals surface area contributed by atoms with Gasteiger partial charge in [-0.1, -0.05) is 0 Å². The van der Waals surface area contributed by atoms with Gasteiger partial charge in [-0.05, 0) is 57.5 Å². The van der Waals surface area contributed by atoms with E-state index in [0.29, 0.717) is 17.9 Å². The summed E-state index contributed by atoms with van der Waals surface area (Å²) in [7, 11) is 0. The molecule has 0 aliphatic carbocycles. The highest BCUT2D eigenvalue weighted by molar-refractivity contribution is 6.05. The van der Waals surface area contributed by atoms with E-state index in [1.54, 1.807) is 24.3 Å². The van der Waals surface area contributed by atoms with Gasteiger partial charge in [0.05, 0.1) is 5.41 Å². The van der Waals surface area contributed by atoms with Gasteiger partial charge in [-0.25, -0.2) is 4.79 Å². The van der Waals surface area contributed by atoms with Crippen molar-refractivity contribution in [2.75, 3.05) is 23.3 Å². The van der Waals surface area contributed by atoms with Crippen molar-refractivity contribution in [1.82, 2.24) is 10.6 Å². The first-order valence-electron chi connectivity index (χ1n) is 8.64. The Morgan fingerprint density at radius 1 is 1.24 bits per heavy atom. The largest absolute Gasteiger partial charge is 0.328 e. The van der Waals surface area contributed by atoms with E-state index < -0.39 is 11.4 Å². The fourth-order valence-electron chi connectivity index (χ4n) is 3.29. The molecule has 3 N–H and O–H groups in total. The maximum atomic E-state index is 12.6. The number of nitrogens with one attached hydrogen (secondary N) is 3. The van der Waals surface area contributed by atoms with E-state index >= 15 is 0 Å². The van der Waals surface area contributed by atoms with E-state index in [9.17, 15) is 14.4 Å². The Bertz CT molecular complexity index is 678. The number of hydrogen-bond donors (Lipinski definition) is 3. The topological polar surface area (TPSA) is 90.5 Å². The maximum Gasteiger partial charge on any atom is 0.328 e. The highest BCUT2D eigenvalue weighted by Crippen LogP contribution is 2.29. The number of benzene rings is 1. The molecule has 1 unspecified atom stereocenters. The van der Waals surface area contributed by atoms with Crippen LogP contribution in [0.3, 0.4) is 0 Å². The van der Waals surface area contributed by atoms with Gasteiger partial charge in [0.25, 0.3) is 0 Å². The second-order valence-electron chi connectivity index (χ2n) is 7.13. The molecule has 0 spiro atoms. The Labute approximate surface area is 147 Å². The fourth-order valence-corrected chi connectivity index (χ4v) is 3.29. The zero-order valence-corrected chi connectivity index (χ0v) is 14.6. The minimum absolute atomic E-state index is 0.0269. The number of carbonyl (C=O) groups is 3. The number of rotatable bonds is 4. The minimum Gasteiger partial charge on any atom is -0.326 e. The minimum atomic E-state index is -0.498. The van der Waals surface area contributed by atoms with Crippen LogP contribution in [-0.2, 0) is 9.59 Å². The molecule has 2 saturated heterocycles. The molecule has 25 heavy (non-hydrogen) atoms. The van der Waals surface area contributed by atoms with Gasteiger partial charge < -0.3 is 10.6 Å². The molecule has 3 rings (SSSR count). The molecule has 4 amide bonds. The third-order valence-electron chi connectivity index (χ3n) is 5.01. The molecule has 1 aromatic rings. The molecule has 2 aliphatic heterocycles. The molecule has 1 atom stereocenters. The Morgan fingerprint density at radius 2 is 1.96 bits per heavy atom. The predicted molar refractivity (Wildman–Crippen MR) is 95.4 cm³/mol. The highest BCUT2D eigenvalue weighted by Gasteiger charge is 2.38. The van der Waals surface area contributed by atoms with Crippen molar-refractivity contribution in [3.8, 4) is 0 Å². The van der Waals surface area contributed by atoms with Gasteiger partial charge in [0.1, 0.15) is 0 Å². The molecule has 0 bridgehead atoms. The summed E-state index contributed by atoms with van der Waals surface area (Å²) in [6.45, 7) is 5.22. The lowest BCUT2D eigenvalue weighted by molar-refractivity contribution is -0.125. The van der Waals surface area contributed by atoms with Gasteiger partial charge in [0.15, 0.2) is 0 Å². The second-order valence-corrected chi connectivity index (χ2v) is 7.13. The summed E-state index contributed by atoms with van der Waals surface area (Å²) in [6.07, 6.45) is 2.38. The zero-order valence-electron chi connectivity index (χ0n) is 14.6. The third kappa shape index (κ3) is 3.66. The standard InChI is InChI=1S/C18H24N4O3/c1-18(2,14-4-3-10-19-14)16(24)20-12-5-7-13(8-6-12)22-11-9-15(23)21-17(22)25/h5-8,14,19H,3-4,9-11H2,1-2H3,(H,20,24)(H,21,23,25). The number of amides is 4. The van der Waals surface area contributed by atoms with Crippen LogP contribution >= 0.6 is 0 Å².